The van der Waals surface area contributed by atoms with Crippen LogP contribution in [0.1, 0.15) is 25.7 Å². The van der Waals surface area contributed by atoms with Crippen molar-refractivity contribution in [3.8, 4) is 0 Å². The smallest absolute Gasteiger partial charge is 0.481 e. The van der Waals surface area contributed by atoms with Gasteiger partial charge in [0.05, 0.1) is 39.3 Å². The first kappa shape index (κ1) is 33.3. The normalized spacial score (nSPS) is 17.3. The summed E-state index contributed by atoms with van der Waals surface area (Å²) in [6.45, 7) is 3.82. The second-order valence-corrected chi connectivity index (χ2v) is 8.98. The molecule has 2 saturated heterocycles. The van der Waals surface area contributed by atoms with Gasteiger partial charge in [-0.05, 0) is 30.7 Å². The van der Waals surface area contributed by atoms with Gasteiger partial charge >= 0.3 is 18.1 Å². The van der Waals surface area contributed by atoms with Crippen molar-refractivity contribution in [3.05, 3.63) is 24.3 Å². The number of hydrogen-bond donors (Lipinski definition) is 4. The zero-order valence-electron chi connectivity index (χ0n) is 22.2. The van der Waals surface area contributed by atoms with Gasteiger partial charge in [-0.1, -0.05) is 0 Å². The zero-order valence-corrected chi connectivity index (χ0v) is 22.2. The molecule has 2 aliphatic rings. The highest BCUT2D eigenvalue weighted by molar-refractivity contribution is 6.01. The Morgan fingerprint density at radius 3 is 2.00 bits per heavy atom. The second kappa shape index (κ2) is 16.4. The summed E-state index contributed by atoms with van der Waals surface area (Å²) in [7, 11) is 0. The maximum absolute atomic E-state index is 12.4. The van der Waals surface area contributed by atoms with Gasteiger partial charge in [0.25, 0.3) is 0 Å². The minimum absolute atomic E-state index is 0.0339. The lowest BCUT2D eigenvalue weighted by molar-refractivity contribution is -0.192. The molecule has 1 aromatic rings. The van der Waals surface area contributed by atoms with Crippen molar-refractivity contribution in [1.29, 1.82) is 0 Å². The molecule has 41 heavy (non-hydrogen) atoms. The molecule has 0 aliphatic carbocycles. The largest absolute Gasteiger partial charge is 0.490 e. The number of anilines is 2. The number of nitrogens with one attached hydrogen (secondary N) is 2. The minimum atomic E-state index is -5.08. The molecule has 3 amide bonds. The van der Waals surface area contributed by atoms with Crippen molar-refractivity contribution < 1.29 is 56.8 Å². The van der Waals surface area contributed by atoms with Crippen LogP contribution in [-0.2, 0) is 33.4 Å². The van der Waals surface area contributed by atoms with Crippen LogP contribution in [0.3, 0.4) is 0 Å². The predicted molar refractivity (Wildman–Crippen MR) is 137 cm³/mol. The van der Waals surface area contributed by atoms with Crippen LogP contribution in [0.15, 0.2) is 24.3 Å². The summed E-state index contributed by atoms with van der Waals surface area (Å²) in [5.74, 6) is -4.13. The fraction of sp³-hybridized carbons (Fsp3) is 0.560. The average molecular weight is 591 g/mol. The molecule has 228 valence electrons. The van der Waals surface area contributed by atoms with Crippen LogP contribution in [-0.4, -0.2) is 110 Å². The third-order valence-corrected chi connectivity index (χ3v) is 5.98. The number of aliphatic carboxylic acids is 2. The first-order valence-electron chi connectivity index (χ1n) is 12.8. The molecule has 0 radical (unpaired) electrons. The quantitative estimate of drug-likeness (QED) is 0.203. The van der Waals surface area contributed by atoms with Gasteiger partial charge < -0.3 is 34.8 Å². The molecule has 0 spiro atoms. The van der Waals surface area contributed by atoms with Crippen LogP contribution in [0.25, 0.3) is 0 Å². The highest BCUT2D eigenvalue weighted by Gasteiger charge is 2.38. The van der Waals surface area contributed by atoms with Gasteiger partial charge in [0.1, 0.15) is 6.04 Å². The van der Waals surface area contributed by atoms with Gasteiger partial charge in [-0.15, -0.1) is 0 Å². The van der Waals surface area contributed by atoms with Crippen molar-refractivity contribution >= 4 is 41.0 Å². The molecule has 1 unspecified atom stereocenters. The number of hydrogen-bond acceptors (Lipinski definition) is 9. The Balaban J connectivity index is 0.000000745. The van der Waals surface area contributed by atoms with Gasteiger partial charge in [0.2, 0.25) is 17.7 Å². The van der Waals surface area contributed by atoms with E-state index >= 15 is 0 Å². The molecule has 1 aromatic carbocycles. The summed E-state index contributed by atoms with van der Waals surface area (Å²) in [5.41, 5.74) is 1.87. The Labute approximate surface area is 233 Å². The Bertz CT molecular complexity index is 1050. The van der Waals surface area contributed by atoms with Gasteiger partial charge in [-0.25, -0.2) is 4.79 Å². The fourth-order valence-electron chi connectivity index (χ4n) is 3.81. The Hall–Kier alpha value is -3.92. The minimum Gasteiger partial charge on any atom is -0.481 e. The molecule has 0 saturated carbocycles. The molecule has 4 N–H and O–H groups in total. The van der Waals surface area contributed by atoms with Crippen LogP contribution in [0.2, 0.25) is 0 Å². The van der Waals surface area contributed by atoms with E-state index in [9.17, 15) is 32.3 Å². The number of rotatable bonds is 12. The number of benzene rings is 1. The number of carbonyl (C=O) groups excluding carboxylic acids is 3. The maximum Gasteiger partial charge on any atom is 0.490 e. The number of carboxylic acid groups (broad SMARTS) is 2. The molecule has 1 atom stereocenters. The van der Waals surface area contributed by atoms with Crippen molar-refractivity contribution in [3.63, 3.8) is 0 Å². The highest BCUT2D eigenvalue weighted by Crippen LogP contribution is 2.21. The molecular weight excluding hydrogens is 557 g/mol. The number of halogens is 3. The van der Waals surface area contributed by atoms with Crippen molar-refractivity contribution in [1.82, 2.24) is 10.2 Å². The topological polar surface area (TPSA) is 175 Å². The van der Waals surface area contributed by atoms with Crippen molar-refractivity contribution in [2.45, 2.75) is 37.9 Å². The maximum atomic E-state index is 12.4. The Morgan fingerprint density at radius 2 is 1.49 bits per heavy atom. The van der Waals surface area contributed by atoms with Gasteiger partial charge in [0, 0.05) is 44.0 Å². The van der Waals surface area contributed by atoms with E-state index in [0.29, 0.717) is 52.2 Å². The average Bonchev–Trinajstić information content (AvgIpc) is 2.92. The molecule has 0 bridgehead atoms. The summed E-state index contributed by atoms with van der Waals surface area (Å²) in [4.78, 5) is 58.9. The number of carboxylic acids is 2. The summed E-state index contributed by atoms with van der Waals surface area (Å²) >= 11 is 0. The predicted octanol–water partition coefficient (Wildman–Crippen LogP) is 1.08. The summed E-state index contributed by atoms with van der Waals surface area (Å²) in [6, 6.07) is 7.39. The molecule has 13 nitrogen and oxygen atoms in total. The molecule has 0 aromatic heterocycles. The van der Waals surface area contributed by atoms with Crippen LogP contribution in [0.4, 0.5) is 24.5 Å². The van der Waals surface area contributed by atoms with E-state index in [-0.39, 0.29) is 30.7 Å². The standard InChI is InChI=1S/C23H32N4O7.C2HF3O2/c28-20-6-5-19(23(32)25-20)24-17-1-3-18(4-2-17)26-9-11-27(12-10-26)21(29)7-13-33-15-16-34-14-8-22(30)31;3-2(4,5)1(6)7/h1-4,19,24H,5-16H2,(H,30,31)(H,25,28,32);(H,6,7). The van der Waals surface area contributed by atoms with Crippen molar-refractivity contribution in [2.24, 2.45) is 0 Å². The Kier molecular flexibility index (Phi) is 13.3. The van der Waals surface area contributed by atoms with E-state index in [0.717, 1.165) is 24.5 Å². The number of piperazine rings is 1. The number of nitrogens with zero attached hydrogens (tertiary/aromatic N) is 2. The number of ether oxygens (including phenoxy) is 2. The number of imide groups is 1. The highest BCUT2D eigenvalue weighted by atomic mass is 19.4. The Morgan fingerprint density at radius 1 is 0.927 bits per heavy atom. The van der Waals surface area contributed by atoms with E-state index in [1.807, 2.05) is 29.2 Å². The lowest BCUT2D eigenvalue weighted by Crippen LogP contribution is -2.49. The van der Waals surface area contributed by atoms with Crippen LogP contribution >= 0.6 is 0 Å². The van der Waals surface area contributed by atoms with E-state index < -0.39 is 24.2 Å². The van der Waals surface area contributed by atoms with Gasteiger partial charge in [-0.2, -0.15) is 13.2 Å². The monoisotopic (exact) mass is 590 g/mol. The van der Waals surface area contributed by atoms with E-state index in [1.165, 1.54) is 0 Å². The summed E-state index contributed by atoms with van der Waals surface area (Å²) < 4.78 is 42.3. The third-order valence-electron chi connectivity index (χ3n) is 5.98. The molecule has 2 fully saturated rings. The van der Waals surface area contributed by atoms with Crippen LogP contribution in [0, 0.1) is 0 Å². The summed E-state index contributed by atoms with van der Waals surface area (Å²) in [5, 5.41) is 21.2. The zero-order chi connectivity index (χ0) is 30.4. The second-order valence-electron chi connectivity index (χ2n) is 8.98. The van der Waals surface area contributed by atoms with E-state index in [1.54, 1.807) is 0 Å². The lowest BCUT2D eigenvalue weighted by Gasteiger charge is -2.36. The number of alkyl halides is 3. The first-order valence-corrected chi connectivity index (χ1v) is 12.8. The van der Waals surface area contributed by atoms with Crippen molar-refractivity contribution in [2.75, 3.05) is 62.8 Å². The molecule has 2 aliphatic heterocycles. The summed E-state index contributed by atoms with van der Waals surface area (Å²) in [6.07, 6.45) is -4.00. The van der Waals surface area contributed by atoms with E-state index in [2.05, 4.69) is 15.5 Å². The number of piperidine rings is 1. The third kappa shape index (κ3) is 12.4. The van der Waals surface area contributed by atoms with Crippen LogP contribution < -0.4 is 15.5 Å². The molecule has 16 heteroatoms. The molecule has 3 rings (SSSR count). The molecular formula is C25H33F3N4O9. The SMILES string of the molecule is O=C(O)C(F)(F)F.O=C(O)CCOCCOCCC(=O)N1CCN(c2ccc(NC3CCC(=O)NC3=O)cc2)CC1. The van der Waals surface area contributed by atoms with Gasteiger partial charge in [-0.3, -0.25) is 24.5 Å². The molecule has 2 heterocycles. The lowest BCUT2D eigenvalue weighted by atomic mass is 10.1. The number of amides is 3. The fourth-order valence-corrected chi connectivity index (χ4v) is 3.81. The van der Waals surface area contributed by atoms with Gasteiger partial charge in [0.15, 0.2) is 0 Å². The van der Waals surface area contributed by atoms with Crippen LogP contribution in [0.5, 0.6) is 0 Å². The number of carbonyl (C=O) groups is 5. The van der Waals surface area contributed by atoms with E-state index in [4.69, 9.17) is 24.5 Å². The first-order chi connectivity index (χ1) is 19.4.